The molecule has 0 heterocycles. The summed E-state index contributed by atoms with van der Waals surface area (Å²) in [4.78, 5) is 11.9. The second kappa shape index (κ2) is 6.51. The molecule has 20 heavy (non-hydrogen) atoms. The molecule has 0 aliphatic heterocycles. The number of rotatable bonds is 4. The molecule has 0 aliphatic carbocycles. The van der Waals surface area contributed by atoms with E-state index in [9.17, 15) is 13.6 Å². The molecule has 1 amide bonds. The lowest BCUT2D eigenvalue weighted by Gasteiger charge is -2.21. The van der Waals surface area contributed by atoms with Crippen LogP contribution >= 0.6 is 11.6 Å². The minimum absolute atomic E-state index is 0.213. The van der Waals surface area contributed by atoms with Crippen molar-refractivity contribution < 1.29 is 18.8 Å². The number of nitrogens with two attached hydrogens (primary N) is 1. The quantitative estimate of drug-likeness (QED) is 0.262. The summed E-state index contributed by atoms with van der Waals surface area (Å²) < 4.78 is 26.9. The molecule has 0 fully saturated rings. The summed E-state index contributed by atoms with van der Waals surface area (Å²) in [5.41, 5.74) is 4.92. The third-order valence-corrected chi connectivity index (χ3v) is 2.93. The van der Waals surface area contributed by atoms with Gasteiger partial charge in [0.15, 0.2) is 5.84 Å². The first-order valence-corrected chi connectivity index (χ1v) is 6.08. The Bertz CT molecular complexity index is 550. The number of amidine groups is 1. The molecule has 0 saturated heterocycles. The molecule has 0 aliphatic rings. The summed E-state index contributed by atoms with van der Waals surface area (Å²) in [7, 11) is 0. The smallest absolute Gasteiger partial charge is 0.254 e. The average molecular weight is 306 g/mol. The second-order valence-electron chi connectivity index (χ2n) is 4.47. The highest BCUT2D eigenvalue weighted by atomic mass is 35.5. The second-order valence-corrected chi connectivity index (χ2v) is 4.87. The van der Waals surface area contributed by atoms with Crippen LogP contribution in [0.2, 0.25) is 5.02 Å². The van der Waals surface area contributed by atoms with Gasteiger partial charge in [0.05, 0.1) is 16.6 Å². The van der Waals surface area contributed by atoms with Crippen molar-refractivity contribution >= 4 is 23.3 Å². The molecule has 1 aromatic rings. The summed E-state index contributed by atoms with van der Waals surface area (Å²) in [6.45, 7) is 3.42. The first kappa shape index (κ1) is 16.2. The van der Waals surface area contributed by atoms with Gasteiger partial charge in [0, 0.05) is 0 Å². The number of nitrogens with zero attached hydrogens (tertiary/aromatic N) is 1. The van der Waals surface area contributed by atoms with Crippen molar-refractivity contribution in [3.05, 3.63) is 34.4 Å². The Hall–Kier alpha value is -1.89. The molecule has 0 aromatic heterocycles. The van der Waals surface area contributed by atoms with E-state index >= 15 is 0 Å². The maximum Gasteiger partial charge on any atom is 0.254 e. The summed E-state index contributed by atoms with van der Waals surface area (Å²) >= 11 is 5.40. The van der Waals surface area contributed by atoms with E-state index in [4.69, 9.17) is 22.5 Å². The van der Waals surface area contributed by atoms with Crippen LogP contribution in [0.3, 0.4) is 0 Å². The molecule has 110 valence electrons. The fourth-order valence-electron chi connectivity index (χ4n) is 1.56. The van der Waals surface area contributed by atoms with Crippen LogP contribution in [0.4, 0.5) is 8.78 Å². The number of nitrogens with one attached hydrogen (secondary N) is 1. The Balaban J connectivity index is 3.04. The standard InChI is InChI=1S/C12H14ClF2N3O2/c1-5(2)10(11(16)18-20)17-12(19)6-3-9(15)7(13)4-8(6)14/h3-5,10,20H,1-2H3,(H2,16,18)(H,17,19). The fraction of sp³-hybridized carbons (Fsp3) is 0.333. The van der Waals surface area contributed by atoms with E-state index < -0.39 is 34.2 Å². The molecule has 0 radical (unpaired) electrons. The first-order valence-electron chi connectivity index (χ1n) is 5.70. The zero-order chi connectivity index (χ0) is 15.4. The number of oxime groups is 1. The summed E-state index contributed by atoms with van der Waals surface area (Å²) in [6, 6.07) is 0.585. The molecule has 1 aromatic carbocycles. The fourth-order valence-corrected chi connectivity index (χ4v) is 1.71. The van der Waals surface area contributed by atoms with Crippen LogP contribution in [0.5, 0.6) is 0 Å². The molecular weight excluding hydrogens is 292 g/mol. The Morgan fingerprint density at radius 1 is 1.40 bits per heavy atom. The van der Waals surface area contributed by atoms with Gasteiger partial charge in [0.25, 0.3) is 5.91 Å². The van der Waals surface area contributed by atoms with Gasteiger partial charge in [0.1, 0.15) is 11.6 Å². The number of benzene rings is 1. The minimum atomic E-state index is -0.962. The maximum absolute atomic E-state index is 13.6. The Labute approximate surface area is 119 Å². The lowest BCUT2D eigenvalue weighted by atomic mass is 10.0. The van der Waals surface area contributed by atoms with E-state index in [1.54, 1.807) is 13.8 Å². The topological polar surface area (TPSA) is 87.7 Å². The average Bonchev–Trinajstić information content (AvgIpc) is 2.38. The van der Waals surface area contributed by atoms with Crippen LogP contribution in [0.25, 0.3) is 0 Å². The largest absolute Gasteiger partial charge is 0.409 e. The zero-order valence-electron chi connectivity index (χ0n) is 10.8. The lowest BCUT2D eigenvalue weighted by molar-refractivity contribution is 0.0934. The van der Waals surface area contributed by atoms with E-state index in [2.05, 4.69) is 10.5 Å². The monoisotopic (exact) mass is 305 g/mol. The van der Waals surface area contributed by atoms with Gasteiger partial charge in [-0.05, 0) is 18.1 Å². The van der Waals surface area contributed by atoms with Crippen molar-refractivity contribution in [3.63, 3.8) is 0 Å². The maximum atomic E-state index is 13.6. The van der Waals surface area contributed by atoms with Gasteiger partial charge < -0.3 is 16.3 Å². The van der Waals surface area contributed by atoms with Crippen LogP contribution in [-0.2, 0) is 0 Å². The van der Waals surface area contributed by atoms with Gasteiger partial charge in [-0.3, -0.25) is 4.79 Å². The normalized spacial score (nSPS) is 13.4. The van der Waals surface area contributed by atoms with Gasteiger partial charge in [-0.1, -0.05) is 30.6 Å². The van der Waals surface area contributed by atoms with Crippen molar-refractivity contribution in [3.8, 4) is 0 Å². The van der Waals surface area contributed by atoms with E-state index in [0.717, 1.165) is 0 Å². The van der Waals surface area contributed by atoms with Crippen molar-refractivity contribution in [2.24, 2.45) is 16.8 Å². The van der Waals surface area contributed by atoms with E-state index in [-0.39, 0.29) is 11.8 Å². The van der Waals surface area contributed by atoms with E-state index in [1.165, 1.54) is 0 Å². The van der Waals surface area contributed by atoms with Gasteiger partial charge in [0.2, 0.25) is 0 Å². The van der Waals surface area contributed by atoms with Crippen molar-refractivity contribution in [2.45, 2.75) is 19.9 Å². The zero-order valence-corrected chi connectivity index (χ0v) is 11.6. The summed E-state index contributed by atoms with van der Waals surface area (Å²) in [5, 5.41) is 13.4. The predicted octanol–water partition coefficient (Wildman–Crippen LogP) is 2.12. The van der Waals surface area contributed by atoms with Crippen molar-refractivity contribution in [1.29, 1.82) is 0 Å². The molecule has 0 spiro atoms. The molecule has 1 atom stereocenters. The number of hydrogen-bond acceptors (Lipinski definition) is 3. The highest BCUT2D eigenvalue weighted by Gasteiger charge is 2.23. The van der Waals surface area contributed by atoms with Gasteiger partial charge >= 0.3 is 0 Å². The van der Waals surface area contributed by atoms with Gasteiger partial charge in [-0.25, -0.2) is 8.78 Å². The number of carbonyl (C=O) groups is 1. The molecule has 0 bridgehead atoms. The first-order chi connectivity index (χ1) is 9.27. The molecule has 1 rings (SSSR count). The third-order valence-electron chi connectivity index (χ3n) is 2.64. The third kappa shape index (κ3) is 3.57. The Kier molecular flexibility index (Phi) is 5.26. The minimum Gasteiger partial charge on any atom is -0.409 e. The van der Waals surface area contributed by atoms with Crippen LogP contribution < -0.4 is 11.1 Å². The van der Waals surface area contributed by atoms with Crippen molar-refractivity contribution in [2.75, 3.05) is 0 Å². The molecule has 4 N–H and O–H groups in total. The molecule has 5 nitrogen and oxygen atoms in total. The van der Waals surface area contributed by atoms with Gasteiger partial charge in [-0.15, -0.1) is 0 Å². The summed E-state index contributed by atoms with van der Waals surface area (Å²) in [6.07, 6.45) is 0. The van der Waals surface area contributed by atoms with E-state index in [0.29, 0.717) is 12.1 Å². The van der Waals surface area contributed by atoms with Crippen LogP contribution in [-0.4, -0.2) is 23.0 Å². The number of amides is 1. The number of hydrogen-bond donors (Lipinski definition) is 3. The predicted molar refractivity (Wildman–Crippen MR) is 70.9 cm³/mol. The van der Waals surface area contributed by atoms with Crippen LogP contribution in [0.15, 0.2) is 17.3 Å². The Morgan fingerprint density at radius 3 is 2.50 bits per heavy atom. The molecular formula is C12H14ClF2N3O2. The Morgan fingerprint density at radius 2 is 2.00 bits per heavy atom. The molecule has 0 saturated carbocycles. The number of halogens is 3. The molecule has 1 unspecified atom stereocenters. The van der Waals surface area contributed by atoms with Gasteiger partial charge in [-0.2, -0.15) is 0 Å². The van der Waals surface area contributed by atoms with E-state index in [1.807, 2.05) is 0 Å². The highest BCUT2D eigenvalue weighted by Crippen LogP contribution is 2.19. The highest BCUT2D eigenvalue weighted by molar-refractivity contribution is 6.30. The van der Waals surface area contributed by atoms with Crippen LogP contribution in [0.1, 0.15) is 24.2 Å². The number of carbonyl (C=O) groups excluding carboxylic acids is 1. The summed E-state index contributed by atoms with van der Waals surface area (Å²) in [5.74, 6) is -3.21. The SMILES string of the molecule is CC(C)C(NC(=O)c1cc(F)c(Cl)cc1F)/C(N)=N/O. The lowest BCUT2D eigenvalue weighted by Crippen LogP contribution is -2.48. The van der Waals surface area contributed by atoms with Crippen LogP contribution in [0, 0.1) is 17.6 Å². The van der Waals surface area contributed by atoms with Crippen molar-refractivity contribution in [1.82, 2.24) is 5.32 Å². The molecule has 8 heteroatoms.